The van der Waals surface area contributed by atoms with Crippen molar-refractivity contribution in [1.29, 1.82) is 0 Å². The predicted octanol–water partition coefficient (Wildman–Crippen LogP) is 1.81. The van der Waals surface area contributed by atoms with Gasteiger partial charge in [0.2, 0.25) is 11.8 Å². The summed E-state index contributed by atoms with van der Waals surface area (Å²) in [6.07, 6.45) is 2.48. The first kappa shape index (κ1) is 23.3. The number of likely N-dealkylation sites (tertiary alicyclic amines) is 1. The third-order valence-electron chi connectivity index (χ3n) is 7.82. The van der Waals surface area contributed by atoms with Crippen LogP contribution >= 0.6 is 0 Å². The van der Waals surface area contributed by atoms with Gasteiger partial charge in [0.25, 0.3) is 5.91 Å². The number of nitrogens with zero attached hydrogens (tertiary/aromatic N) is 3. The number of amides is 3. The molecule has 6 rings (SSSR count). The molecule has 3 aromatic rings. The highest BCUT2D eigenvalue weighted by atomic mass is 16.5. The normalized spacial score (nSPS) is 25.5. The van der Waals surface area contributed by atoms with E-state index in [0.717, 1.165) is 12.8 Å². The second kappa shape index (κ2) is 8.79. The van der Waals surface area contributed by atoms with Gasteiger partial charge in [-0.25, -0.2) is 0 Å². The van der Waals surface area contributed by atoms with Gasteiger partial charge in [-0.15, -0.1) is 0 Å². The number of carbonyl (C=O) groups is 3. The van der Waals surface area contributed by atoms with Gasteiger partial charge in [0.05, 0.1) is 19.7 Å². The Morgan fingerprint density at radius 2 is 1.78 bits per heavy atom. The molecule has 3 fully saturated rings. The van der Waals surface area contributed by atoms with Crippen LogP contribution in [0.25, 0.3) is 10.9 Å². The van der Waals surface area contributed by atoms with E-state index in [1.54, 1.807) is 17.0 Å². The quantitative estimate of drug-likeness (QED) is 0.483. The summed E-state index contributed by atoms with van der Waals surface area (Å²) in [5.41, 5.74) is 7.36. The van der Waals surface area contributed by atoms with Gasteiger partial charge in [-0.05, 0) is 36.8 Å². The first-order valence-corrected chi connectivity index (χ1v) is 12.5. The van der Waals surface area contributed by atoms with Crippen LogP contribution in [0, 0.1) is 5.92 Å². The molecule has 10 heteroatoms. The highest BCUT2D eigenvalue weighted by molar-refractivity contribution is 6.05. The standard InChI is InChI=1S/C27H29N5O5/c1-36-22-11-17-20(12-23(22)37-2)31(30-25(17)26(28)34)13-24(33)32-19-8-15(19)9-21(32)27(35)29-18-10-16(18)14-6-4-3-5-7-14/h3-7,11-12,15-16,18-19,21H,8-10,13H2,1-2H3,(H2,28,34)(H,29,35)/t15-,16+,18-,19-,21+/m1/s1. The zero-order valence-electron chi connectivity index (χ0n) is 20.7. The first-order valence-electron chi connectivity index (χ1n) is 12.5. The van der Waals surface area contributed by atoms with E-state index in [0.29, 0.717) is 40.7 Å². The maximum atomic E-state index is 13.6. The van der Waals surface area contributed by atoms with Gasteiger partial charge >= 0.3 is 0 Å². The largest absolute Gasteiger partial charge is 0.493 e. The lowest BCUT2D eigenvalue weighted by molar-refractivity contribution is -0.140. The maximum Gasteiger partial charge on any atom is 0.269 e. The van der Waals surface area contributed by atoms with Crippen LogP contribution in [-0.2, 0) is 16.1 Å². The number of nitrogens with one attached hydrogen (secondary N) is 1. The second-order valence-electron chi connectivity index (χ2n) is 10.1. The van der Waals surface area contributed by atoms with Crippen LogP contribution in [-0.4, -0.2) is 64.7 Å². The molecule has 3 aliphatic rings. The highest BCUT2D eigenvalue weighted by Crippen LogP contribution is 2.48. The molecule has 5 atom stereocenters. The Bertz CT molecular complexity index is 1400. The van der Waals surface area contributed by atoms with Crippen molar-refractivity contribution in [3.8, 4) is 11.5 Å². The topological polar surface area (TPSA) is 129 Å². The van der Waals surface area contributed by atoms with Crippen molar-refractivity contribution >= 4 is 28.6 Å². The molecule has 2 aromatic carbocycles. The Kier molecular flexibility index (Phi) is 5.54. The number of hydrogen-bond donors (Lipinski definition) is 2. The molecule has 10 nitrogen and oxygen atoms in total. The minimum atomic E-state index is -0.707. The molecular weight excluding hydrogens is 474 g/mol. The summed E-state index contributed by atoms with van der Waals surface area (Å²) in [6, 6.07) is 13.1. The molecule has 1 aliphatic heterocycles. The highest BCUT2D eigenvalue weighted by Gasteiger charge is 2.56. The molecule has 1 saturated heterocycles. The number of methoxy groups -OCH3 is 2. The Labute approximate surface area is 213 Å². The second-order valence-corrected chi connectivity index (χ2v) is 10.1. The van der Waals surface area contributed by atoms with Gasteiger partial charge < -0.3 is 25.4 Å². The molecule has 1 aromatic heterocycles. The molecular formula is C27H29N5O5. The molecule has 3 amide bonds. The average Bonchev–Trinajstić information content (AvgIpc) is 3.78. The van der Waals surface area contributed by atoms with Crippen molar-refractivity contribution in [2.24, 2.45) is 11.7 Å². The molecule has 2 aliphatic carbocycles. The number of aromatic nitrogens is 2. The summed E-state index contributed by atoms with van der Waals surface area (Å²) >= 11 is 0. The number of piperidine rings is 1. The van der Waals surface area contributed by atoms with E-state index in [-0.39, 0.29) is 36.1 Å². The molecule has 0 unspecified atom stereocenters. The van der Waals surface area contributed by atoms with Gasteiger partial charge in [0.1, 0.15) is 12.6 Å². The lowest BCUT2D eigenvalue weighted by atomic mass is 10.1. The fourth-order valence-corrected chi connectivity index (χ4v) is 5.76. The van der Waals surface area contributed by atoms with Crippen LogP contribution in [0.1, 0.15) is 41.2 Å². The summed E-state index contributed by atoms with van der Waals surface area (Å²) < 4.78 is 12.2. The number of carbonyl (C=O) groups excluding carboxylic acids is 3. The number of ether oxygens (including phenoxy) is 2. The van der Waals surface area contributed by atoms with Gasteiger partial charge in [-0.3, -0.25) is 19.1 Å². The summed E-state index contributed by atoms with van der Waals surface area (Å²) in [6.45, 7) is -0.123. The van der Waals surface area contributed by atoms with E-state index < -0.39 is 11.9 Å². The lowest BCUT2D eigenvalue weighted by Gasteiger charge is -2.27. The Hall–Kier alpha value is -4.08. The third kappa shape index (κ3) is 4.06. The molecule has 3 N–H and O–H groups in total. The number of fused-ring (bicyclic) bond motifs is 2. The van der Waals surface area contributed by atoms with E-state index in [1.165, 1.54) is 24.5 Å². The number of benzene rings is 2. The van der Waals surface area contributed by atoms with Crippen LogP contribution in [0.15, 0.2) is 42.5 Å². The fourth-order valence-electron chi connectivity index (χ4n) is 5.76. The summed E-state index contributed by atoms with van der Waals surface area (Å²) in [4.78, 5) is 40.6. The summed E-state index contributed by atoms with van der Waals surface area (Å²) in [7, 11) is 3.00. The smallest absolute Gasteiger partial charge is 0.269 e. The van der Waals surface area contributed by atoms with E-state index in [9.17, 15) is 14.4 Å². The molecule has 0 bridgehead atoms. The zero-order valence-corrected chi connectivity index (χ0v) is 20.7. The fraction of sp³-hybridized carbons (Fsp3) is 0.407. The van der Waals surface area contributed by atoms with Gasteiger partial charge in [-0.2, -0.15) is 5.10 Å². The average molecular weight is 504 g/mol. The zero-order chi connectivity index (χ0) is 25.8. The van der Waals surface area contributed by atoms with Crippen LogP contribution in [0.5, 0.6) is 11.5 Å². The molecule has 0 radical (unpaired) electrons. The molecule has 37 heavy (non-hydrogen) atoms. The molecule has 2 heterocycles. The minimum Gasteiger partial charge on any atom is -0.493 e. The third-order valence-corrected chi connectivity index (χ3v) is 7.82. The molecule has 2 saturated carbocycles. The van der Waals surface area contributed by atoms with Crippen LogP contribution in [0.2, 0.25) is 0 Å². The summed E-state index contributed by atoms with van der Waals surface area (Å²) in [5, 5.41) is 7.98. The first-order chi connectivity index (χ1) is 17.9. The van der Waals surface area contributed by atoms with Crippen molar-refractivity contribution in [2.45, 2.75) is 49.9 Å². The molecule has 192 valence electrons. The number of primary amides is 1. The SMILES string of the molecule is COc1cc2c(C(N)=O)nn(CC(=O)N3[C@@H]4C[C@@H]4C[C@H]3C(=O)N[C@@H]3C[C@H]3c3ccccc3)c2cc1OC. The van der Waals surface area contributed by atoms with Gasteiger partial charge in [0, 0.05) is 29.5 Å². The Balaban J connectivity index is 1.21. The van der Waals surface area contributed by atoms with Crippen molar-refractivity contribution < 1.29 is 23.9 Å². The maximum absolute atomic E-state index is 13.6. The van der Waals surface area contributed by atoms with Gasteiger partial charge in [0.15, 0.2) is 17.2 Å². The van der Waals surface area contributed by atoms with E-state index in [4.69, 9.17) is 15.2 Å². The monoisotopic (exact) mass is 503 g/mol. The van der Waals surface area contributed by atoms with Crippen molar-refractivity contribution in [3.05, 3.63) is 53.7 Å². The van der Waals surface area contributed by atoms with Crippen molar-refractivity contribution in [2.75, 3.05) is 14.2 Å². The van der Waals surface area contributed by atoms with Crippen molar-refractivity contribution in [3.63, 3.8) is 0 Å². The van der Waals surface area contributed by atoms with Crippen LogP contribution in [0.4, 0.5) is 0 Å². The van der Waals surface area contributed by atoms with Crippen LogP contribution in [0.3, 0.4) is 0 Å². The lowest BCUT2D eigenvalue weighted by Crippen LogP contribution is -2.49. The number of hydrogen-bond acceptors (Lipinski definition) is 6. The summed E-state index contributed by atoms with van der Waals surface area (Å²) in [5.74, 6) is 0.520. The van der Waals surface area contributed by atoms with Crippen LogP contribution < -0.4 is 20.5 Å². The number of nitrogens with two attached hydrogens (primary N) is 1. The van der Waals surface area contributed by atoms with E-state index in [1.807, 2.05) is 18.2 Å². The van der Waals surface area contributed by atoms with Gasteiger partial charge in [-0.1, -0.05) is 30.3 Å². The van der Waals surface area contributed by atoms with E-state index >= 15 is 0 Å². The number of rotatable bonds is 8. The Morgan fingerprint density at radius 3 is 2.49 bits per heavy atom. The predicted molar refractivity (Wildman–Crippen MR) is 134 cm³/mol. The Morgan fingerprint density at radius 1 is 1.05 bits per heavy atom. The van der Waals surface area contributed by atoms with Crippen molar-refractivity contribution in [1.82, 2.24) is 20.0 Å². The van der Waals surface area contributed by atoms with E-state index in [2.05, 4.69) is 22.5 Å². The minimum absolute atomic E-state index is 0.0458. The molecule has 0 spiro atoms.